The topological polar surface area (TPSA) is 105 Å². The number of fused-ring (bicyclic) bond motifs is 1. The van der Waals surface area contributed by atoms with Crippen LogP contribution in [-0.4, -0.2) is 57.0 Å². The van der Waals surface area contributed by atoms with Crippen LogP contribution < -0.4 is 19.1 Å². The predicted molar refractivity (Wildman–Crippen MR) is 148 cm³/mol. The average Bonchev–Trinajstić information content (AvgIpc) is 2.95. The zero-order valence-electron chi connectivity index (χ0n) is 22.8. The quantitative estimate of drug-likeness (QED) is 0.386. The molecule has 0 spiro atoms. The highest BCUT2D eigenvalue weighted by atomic mass is 32.2. The molecule has 0 aliphatic carbocycles. The lowest BCUT2D eigenvalue weighted by Gasteiger charge is -2.32. The first-order valence-electron chi connectivity index (χ1n) is 13.0. The number of hydrogen-bond donors (Lipinski definition) is 1. The number of anilines is 1. The van der Waals surface area contributed by atoms with Gasteiger partial charge in [-0.1, -0.05) is 12.1 Å². The molecule has 4 rings (SSSR count). The number of nitrogens with one attached hydrogen (secondary N) is 1. The van der Waals surface area contributed by atoms with Gasteiger partial charge in [0.2, 0.25) is 11.8 Å². The van der Waals surface area contributed by atoms with Crippen molar-refractivity contribution in [3.05, 3.63) is 83.9 Å². The van der Waals surface area contributed by atoms with Crippen molar-refractivity contribution in [2.75, 3.05) is 24.1 Å². The molecule has 1 unspecified atom stereocenters. The van der Waals surface area contributed by atoms with Crippen molar-refractivity contribution >= 4 is 27.5 Å². The lowest BCUT2D eigenvalue weighted by molar-refractivity contribution is -0.139. The van der Waals surface area contributed by atoms with E-state index in [-0.39, 0.29) is 35.5 Å². The van der Waals surface area contributed by atoms with Crippen molar-refractivity contribution < 1.29 is 36.3 Å². The molecule has 0 saturated heterocycles. The molecule has 0 fully saturated rings. The number of nitrogens with zero attached hydrogens (tertiary/aromatic N) is 2. The number of sulfonamides is 1. The van der Waals surface area contributed by atoms with Gasteiger partial charge < -0.3 is 19.7 Å². The largest absolute Gasteiger partial charge is 0.486 e. The Labute approximate surface area is 237 Å². The van der Waals surface area contributed by atoms with Gasteiger partial charge in [-0.25, -0.2) is 17.2 Å². The van der Waals surface area contributed by atoms with Crippen LogP contribution in [0.25, 0.3) is 0 Å². The second kappa shape index (κ2) is 12.5. The Kier molecular flexibility index (Phi) is 9.11. The molecule has 2 amide bonds. The maximum absolute atomic E-state index is 14.0. The number of carbonyl (C=O) groups excluding carboxylic acids is 2. The highest BCUT2D eigenvalue weighted by Gasteiger charge is 2.33. The van der Waals surface area contributed by atoms with E-state index in [1.807, 2.05) is 0 Å². The number of halogens is 2. The fourth-order valence-corrected chi connectivity index (χ4v) is 5.65. The summed E-state index contributed by atoms with van der Waals surface area (Å²) in [5.74, 6) is -1.58. The summed E-state index contributed by atoms with van der Waals surface area (Å²) in [6.45, 7) is 4.83. The highest BCUT2D eigenvalue weighted by molar-refractivity contribution is 7.92. The van der Waals surface area contributed by atoms with Gasteiger partial charge in [0, 0.05) is 18.7 Å². The summed E-state index contributed by atoms with van der Waals surface area (Å²) in [6, 6.07) is 13.0. The minimum Gasteiger partial charge on any atom is -0.486 e. The summed E-state index contributed by atoms with van der Waals surface area (Å²) in [7, 11) is -4.39. The molecule has 3 aromatic rings. The van der Waals surface area contributed by atoms with Gasteiger partial charge in [-0.3, -0.25) is 13.9 Å². The van der Waals surface area contributed by atoms with E-state index in [4.69, 9.17) is 9.47 Å². The van der Waals surface area contributed by atoms with Crippen molar-refractivity contribution in [2.24, 2.45) is 0 Å². The third-order valence-electron chi connectivity index (χ3n) is 6.36. The minimum atomic E-state index is -4.39. The zero-order chi connectivity index (χ0) is 29.7. The molecule has 0 radical (unpaired) electrons. The van der Waals surface area contributed by atoms with Gasteiger partial charge in [-0.15, -0.1) is 0 Å². The van der Waals surface area contributed by atoms with E-state index in [2.05, 4.69) is 5.32 Å². The summed E-state index contributed by atoms with van der Waals surface area (Å²) < 4.78 is 67.1. The Hall–Kier alpha value is -4.19. The molecule has 0 saturated carbocycles. The average molecular weight is 588 g/mol. The van der Waals surface area contributed by atoms with E-state index >= 15 is 0 Å². The van der Waals surface area contributed by atoms with E-state index in [0.717, 1.165) is 16.4 Å². The Bertz CT molecular complexity index is 1500. The number of amides is 2. The standard InChI is InChI=1S/C29H31F2N3O6S/c1-19(2)32-29(36)20(3)33(17-21-4-6-22(30)7-5-21)28(35)18-34(24-10-8-23(31)9-11-24)41(37,38)25-12-13-26-27(16-25)40-15-14-39-26/h4-13,16,19-20H,14-15,17-18H2,1-3H3,(H,32,36). The van der Waals surface area contributed by atoms with Crippen LogP contribution in [0.4, 0.5) is 14.5 Å². The van der Waals surface area contributed by atoms with E-state index in [0.29, 0.717) is 17.9 Å². The molecule has 9 nitrogen and oxygen atoms in total. The summed E-state index contributed by atoms with van der Waals surface area (Å²) in [5.41, 5.74) is 0.572. The Morgan fingerprint density at radius 3 is 2.07 bits per heavy atom. The van der Waals surface area contributed by atoms with Gasteiger partial charge in [0.1, 0.15) is 37.4 Å². The van der Waals surface area contributed by atoms with E-state index in [9.17, 15) is 26.8 Å². The van der Waals surface area contributed by atoms with Crippen LogP contribution in [0.1, 0.15) is 26.3 Å². The summed E-state index contributed by atoms with van der Waals surface area (Å²) in [4.78, 5) is 27.8. The summed E-state index contributed by atoms with van der Waals surface area (Å²) in [6.07, 6.45) is 0. The SMILES string of the molecule is CC(C)NC(=O)C(C)N(Cc1ccc(F)cc1)C(=O)CN(c1ccc(F)cc1)S(=O)(=O)c1ccc2c(c1)OCCO2. The van der Waals surface area contributed by atoms with Crippen molar-refractivity contribution in [3.63, 3.8) is 0 Å². The molecule has 0 aromatic heterocycles. The maximum Gasteiger partial charge on any atom is 0.264 e. The molecular weight excluding hydrogens is 556 g/mol. The zero-order valence-corrected chi connectivity index (χ0v) is 23.7. The number of ether oxygens (including phenoxy) is 2. The second-order valence-corrected chi connectivity index (χ2v) is 11.6. The van der Waals surface area contributed by atoms with Gasteiger partial charge in [0.05, 0.1) is 10.6 Å². The maximum atomic E-state index is 14.0. The monoisotopic (exact) mass is 587 g/mol. The molecule has 1 aliphatic heterocycles. The Balaban J connectivity index is 1.72. The fraction of sp³-hybridized carbons (Fsp3) is 0.310. The molecule has 3 aromatic carbocycles. The van der Waals surface area contributed by atoms with Crippen molar-refractivity contribution in [1.29, 1.82) is 0 Å². The van der Waals surface area contributed by atoms with Crippen LogP contribution in [0.5, 0.6) is 11.5 Å². The molecule has 0 bridgehead atoms. The van der Waals surface area contributed by atoms with Crippen LogP contribution in [0.3, 0.4) is 0 Å². The molecule has 1 heterocycles. The molecule has 1 atom stereocenters. The summed E-state index contributed by atoms with van der Waals surface area (Å²) in [5, 5.41) is 2.76. The van der Waals surface area contributed by atoms with E-state index in [1.165, 1.54) is 66.4 Å². The Morgan fingerprint density at radius 2 is 1.46 bits per heavy atom. The molecule has 1 aliphatic rings. The van der Waals surface area contributed by atoms with Gasteiger partial charge in [-0.2, -0.15) is 0 Å². The van der Waals surface area contributed by atoms with Crippen molar-refractivity contribution in [1.82, 2.24) is 10.2 Å². The van der Waals surface area contributed by atoms with Gasteiger partial charge >= 0.3 is 0 Å². The number of carbonyl (C=O) groups is 2. The molecule has 1 N–H and O–H groups in total. The first kappa shape index (κ1) is 29.8. The number of hydrogen-bond acceptors (Lipinski definition) is 6. The van der Waals surface area contributed by atoms with E-state index < -0.39 is 46.1 Å². The number of benzene rings is 3. The lowest BCUT2D eigenvalue weighted by atomic mass is 10.1. The molecular formula is C29H31F2N3O6S. The first-order chi connectivity index (χ1) is 19.5. The second-order valence-electron chi connectivity index (χ2n) is 9.78. The first-order valence-corrected chi connectivity index (χ1v) is 14.4. The van der Waals surface area contributed by atoms with Crippen LogP contribution >= 0.6 is 0 Å². The van der Waals surface area contributed by atoms with Gasteiger partial charge in [-0.05, 0) is 74.9 Å². The molecule has 12 heteroatoms. The lowest BCUT2D eigenvalue weighted by Crippen LogP contribution is -2.52. The summed E-state index contributed by atoms with van der Waals surface area (Å²) >= 11 is 0. The van der Waals surface area contributed by atoms with Crippen LogP contribution in [0.15, 0.2) is 71.6 Å². The highest BCUT2D eigenvalue weighted by Crippen LogP contribution is 2.34. The fourth-order valence-electron chi connectivity index (χ4n) is 4.22. The minimum absolute atomic E-state index is 0.0376. The van der Waals surface area contributed by atoms with Crippen LogP contribution in [0.2, 0.25) is 0 Å². The third kappa shape index (κ3) is 7.12. The number of rotatable bonds is 10. The Morgan fingerprint density at radius 1 is 0.878 bits per heavy atom. The third-order valence-corrected chi connectivity index (χ3v) is 8.13. The van der Waals surface area contributed by atoms with Gasteiger partial charge in [0.15, 0.2) is 11.5 Å². The predicted octanol–water partition coefficient (Wildman–Crippen LogP) is 3.87. The van der Waals surface area contributed by atoms with Gasteiger partial charge in [0.25, 0.3) is 10.0 Å². The van der Waals surface area contributed by atoms with E-state index in [1.54, 1.807) is 13.8 Å². The van der Waals surface area contributed by atoms with Crippen molar-refractivity contribution in [2.45, 2.75) is 44.3 Å². The van der Waals surface area contributed by atoms with Crippen LogP contribution in [0, 0.1) is 11.6 Å². The molecule has 218 valence electrons. The molecule has 41 heavy (non-hydrogen) atoms. The smallest absolute Gasteiger partial charge is 0.264 e. The van der Waals surface area contributed by atoms with Crippen molar-refractivity contribution in [3.8, 4) is 11.5 Å². The normalized spacial score (nSPS) is 13.4. The van der Waals surface area contributed by atoms with Crippen LogP contribution in [-0.2, 0) is 26.2 Å².